The van der Waals surface area contributed by atoms with Crippen LogP contribution in [-0.2, 0) is 12.8 Å². The maximum Gasteiger partial charge on any atom is 0.271 e. The Bertz CT molecular complexity index is 913. The third kappa shape index (κ3) is 3.01. The van der Waals surface area contributed by atoms with Crippen molar-refractivity contribution in [1.82, 2.24) is 15.2 Å². The normalized spacial score (nSPS) is 10.9. The molecule has 3 rings (SSSR count). The Hall–Kier alpha value is -3.09. The van der Waals surface area contributed by atoms with E-state index < -0.39 is 11.9 Å². The molecule has 0 spiro atoms. The molecule has 0 bridgehead atoms. The summed E-state index contributed by atoms with van der Waals surface area (Å²) in [5.41, 5.74) is 13.6. The van der Waals surface area contributed by atoms with Gasteiger partial charge in [0.05, 0.1) is 11.2 Å². The van der Waals surface area contributed by atoms with E-state index in [1.807, 2.05) is 12.1 Å². The third-order valence-corrected chi connectivity index (χ3v) is 3.88. The monoisotopic (exact) mass is 325 g/mol. The molecule has 2 heterocycles. The number of rotatable bonds is 5. The van der Waals surface area contributed by atoms with Gasteiger partial charge in [0.25, 0.3) is 5.91 Å². The Morgan fingerprint density at radius 2 is 1.83 bits per heavy atom. The SMILES string of the molecule is NC(=O)c1nnc2c(CCCc3cccnc3F)cccc2c1N. The van der Waals surface area contributed by atoms with Crippen LogP contribution in [0.5, 0.6) is 0 Å². The largest absolute Gasteiger partial charge is 0.396 e. The first-order valence-electron chi connectivity index (χ1n) is 7.51. The number of amides is 1. The van der Waals surface area contributed by atoms with E-state index >= 15 is 0 Å². The van der Waals surface area contributed by atoms with Gasteiger partial charge in [-0.3, -0.25) is 4.79 Å². The Balaban J connectivity index is 1.84. The zero-order chi connectivity index (χ0) is 17.1. The molecule has 0 aliphatic rings. The first-order chi connectivity index (χ1) is 11.6. The Labute approximate surface area is 137 Å². The number of pyridine rings is 1. The quantitative estimate of drug-likeness (QED) is 0.698. The lowest BCUT2D eigenvalue weighted by Crippen LogP contribution is -2.17. The predicted molar refractivity (Wildman–Crippen MR) is 88.7 cm³/mol. The molecular formula is C17H16FN5O. The van der Waals surface area contributed by atoms with Crippen LogP contribution in [0.1, 0.15) is 28.0 Å². The number of aromatic nitrogens is 3. The summed E-state index contributed by atoms with van der Waals surface area (Å²) < 4.78 is 13.5. The minimum atomic E-state index is -0.709. The zero-order valence-corrected chi connectivity index (χ0v) is 12.9. The molecular weight excluding hydrogens is 309 g/mol. The number of aryl methyl sites for hydroxylation is 2. The average molecular weight is 325 g/mol. The van der Waals surface area contributed by atoms with Crippen molar-refractivity contribution in [3.8, 4) is 0 Å². The number of nitrogens with zero attached hydrogens (tertiary/aromatic N) is 3. The van der Waals surface area contributed by atoms with Crippen molar-refractivity contribution in [1.29, 1.82) is 0 Å². The van der Waals surface area contributed by atoms with Crippen molar-refractivity contribution >= 4 is 22.5 Å². The van der Waals surface area contributed by atoms with Crippen molar-refractivity contribution in [2.45, 2.75) is 19.3 Å². The Morgan fingerprint density at radius 1 is 1.08 bits per heavy atom. The molecule has 1 amide bonds. The van der Waals surface area contributed by atoms with Crippen LogP contribution in [0.3, 0.4) is 0 Å². The summed E-state index contributed by atoms with van der Waals surface area (Å²) in [6.07, 6.45) is 3.40. The zero-order valence-electron chi connectivity index (χ0n) is 12.9. The van der Waals surface area contributed by atoms with Gasteiger partial charge in [-0.15, -0.1) is 10.2 Å². The molecule has 0 saturated heterocycles. The lowest BCUT2D eigenvalue weighted by Gasteiger charge is -2.09. The van der Waals surface area contributed by atoms with E-state index in [0.29, 0.717) is 29.3 Å². The number of fused-ring (bicyclic) bond motifs is 1. The minimum absolute atomic E-state index is 0.0305. The lowest BCUT2D eigenvalue weighted by molar-refractivity contribution is 0.0996. The van der Waals surface area contributed by atoms with Gasteiger partial charge in [-0.2, -0.15) is 4.39 Å². The predicted octanol–water partition coefficient (Wildman–Crippen LogP) is 2.02. The molecule has 0 unspecified atom stereocenters. The number of carbonyl (C=O) groups excluding carboxylic acids is 1. The molecule has 0 aliphatic heterocycles. The summed E-state index contributed by atoms with van der Waals surface area (Å²) in [7, 11) is 0. The van der Waals surface area contributed by atoms with Crippen molar-refractivity contribution in [3.05, 3.63) is 59.3 Å². The van der Waals surface area contributed by atoms with Gasteiger partial charge < -0.3 is 11.5 Å². The number of benzene rings is 1. The van der Waals surface area contributed by atoms with Crippen LogP contribution in [-0.4, -0.2) is 21.1 Å². The highest BCUT2D eigenvalue weighted by atomic mass is 19.1. The van der Waals surface area contributed by atoms with Gasteiger partial charge in [0.1, 0.15) is 0 Å². The Kier molecular flexibility index (Phi) is 4.33. The molecule has 0 aliphatic carbocycles. The minimum Gasteiger partial charge on any atom is -0.396 e. The van der Waals surface area contributed by atoms with E-state index in [2.05, 4.69) is 15.2 Å². The second-order valence-corrected chi connectivity index (χ2v) is 5.45. The van der Waals surface area contributed by atoms with Gasteiger partial charge in [-0.1, -0.05) is 24.3 Å². The summed E-state index contributed by atoms with van der Waals surface area (Å²) in [5, 5.41) is 8.56. The summed E-state index contributed by atoms with van der Waals surface area (Å²) in [4.78, 5) is 15.0. The molecule has 3 aromatic rings. The van der Waals surface area contributed by atoms with E-state index in [1.54, 1.807) is 18.2 Å². The van der Waals surface area contributed by atoms with Gasteiger partial charge in [0.15, 0.2) is 5.69 Å². The molecule has 1 aromatic carbocycles. The van der Waals surface area contributed by atoms with Crippen LogP contribution in [0.2, 0.25) is 0 Å². The average Bonchev–Trinajstić information content (AvgIpc) is 2.57. The molecule has 0 saturated carbocycles. The molecule has 0 atom stereocenters. The fraction of sp³-hybridized carbons (Fsp3) is 0.176. The van der Waals surface area contributed by atoms with Crippen molar-refractivity contribution in [2.75, 3.05) is 5.73 Å². The molecule has 24 heavy (non-hydrogen) atoms. The number of anilines is 1. The van der Waals surface area contributed by atoms with Crippen LogP contribution in [0.15, 0.2) is 36.5 Å². The smallest absolute Gasteiger partial charge is 0.271 e. The topological polar surface area (TPSA) is 108 Å². The van der Waals surface area contributed by atoms with E-state index in [1.165, 1.54) is 6.20 Å². The van der Waals surface area contributed by atoms with Crippen LogP contribution >= 0.6 is 0 Å². The number of nitrogen functional groups attached to an aromatic ring is 1. The standard InChI is InChI=1S/C17H16FN5O/c18-16-11(7-3-9-21-16)6-1-4-10-5-2-8-12-13(19)15(17(20)24)23-22-14(10)12/h2-3,5,7-9H,1,4,6H2,(H2,19,22)(H2,20,24). The number of hydrogen-bond acceptors (Lipinski definition) is 5. The van der Waals surface area contributed by atoms with Gasteiger partial charge in [-0.25, -0.2) is 4.98 Å². The van der Waals surface area contributed by atoms with Crippen LogP contribution in [0.4, 0.5) is 10.1 Å². The summed E-state index contributed by atoms with van der Waals surface area (Å²) in [5.74, 6) is -1.15. The first-order valence-corrected chi connectivity index (χ1v) is 7.51. The fourth-order valence-electron chi connectivity index (χ4n) is 2.67. The lowest BCUT2D eigenvalue weighted by atomic mass is 10.0. The fourth-order valence-corrected chi connectivity index (χ4v) is 2.67. The summed E-state index contributed by atoms with van der Waals surface area (Å²) in [6, 6.07) is 8.97. The molecule has 7 heteroatoms. The highest BCUT2D eigenvalue weighted by Gasteiger charge is 2.14. The van der Waals surface area contributed by atoms with Crippen LogP contribution in [0.25, 0.3) is 10.9 Å². The maximum absolute atomic E-state index is 13.5. The van der Waals surface area contributed by atoms with Gasteiger partial charge in [0.2, 0.25) is 5.95 Å². The van der Waals surface area contributed by atoms with Crippen molar-refractivity contribution in [2.24, 2.45) is 5.73 Å². The van der Waals surface area contributed by atoms with Crippen LogP contribution in [0, 0.1) is 5.95 Å². The Morgan fingerprint density at radius 3 is 2.58 bits per heavy atom. The summed E-state index contributed by atoms with van der Waals surface area (Å²) in [6.45, 7) is 0. The van der Waals surface area contributed by atoms with Crippen LogP contribution < -0.4 is 11.5 Å². The van der Waals surface area contributed by atoms with Crippen molar-refractivity contribution in [3.63, 3.8) is 0 Å². The molecule has 0 fully saturated rings. The second-order valence-electron chi connectivity index (χ2n) is 5.45. The maximum atomic E-state index is 13.5. The van der Waals surface area contributed by atoms with Gasteiger partial charge in [-0.05, 0) is 30.9 Å². The van der Waals surface area contributed by atoms with E-state index in [0.717, 1.165) is 12.0 Å². The molecule has 2 aromatic heterocycles. The third-order valence-electron chi connectivity index (χ3n) is 3.88. The van der Waals surface area contributed by atoms with E-state index in [-0.39, 0.29) is 11.4 Å². The van der Waals surface area contributed by atoms with E-state index in [9.17, 15) is 9.18 Å². The highest BCUT2D eigenvalue weighted by Crippen LogP contribution is 2.25. The van der Waals surface area contributed by atoms with Crippen molar-refractivity contribution < 1.29 is 9.18 Å². The molecule has 0 radical (unpaired) electrons. The molecule has 122 valence electrons. The highest BCUT2D eigenvalue weighted by molar-refractivity contribution is 6.04. The first kappa shape index (κ1) is 15.8. The number of primary amides is 1. The van der Waals surface area contributed by atoms with Gasteiger partial charge in [0, 0.05) is 17.1 Å². The molecule has 6 nitrogen and oxygen atoms in total. The summed E-state index contributed by atoms with van der Waals surface area (Å²) >= 11 is 0. The van der Waals surface area contributed by atoms with Gasteiger partial charge >= 0.3 is 0 Å². The number of carbonyl (C=O) groups is 1. The number of halogens is 1. The second kappa shape index (κ2) is 6.57. The molecule has 4 N–H and O–H groups in total. The van der Waals surface area contributed by atoms with E-state index in [4.69, 9.17) is 11.5 Å². The number of nitrogens with two attached hydrogens (primary N) is 2. The number of hydrogen-bond donors (Lipinski definition) is 2.